The number of Topliss-reactive ketones (excluding diaryl/α,β-unsaturated/α-hetero) is 1. The van der Waals surface area contributed by atoms with E-state index in [-0.39, 0.29) is 11.7 Å². The highest BCUT2D eigenvalue weighted by atomic mass is 16.5. The molecule has 108 valence electrons. The highest BCUT2D eigenvalue weighted by Gasteiger charge is 2.43. The number of carbonyl (C=O) groups is 2. The van der Waals surface area contributed by atoms with E-state index in [4.69, 9.17) is 10.5 Å². The molecule has 2 rings (SSSR count). The first-order chi connectivity index (χ1) is 9.27. The molecule has 1 unspecified atom stereocenters. The van der Waals surface area contributed by atoms with Crippen LogP contribution in [0.1, 0.15) is 33.3 Å². The van der Waals surface area contributed by atoms with Crippen molar-refractivity contribution in [2.75, 3.05) is 4.90 Å². The normalized spacial score (nSPS) is 18.2. The second-order valence-corrected chi connectivity index (χ2v) is 5.58. The maximum atomic E-state index is 12.5. The number of anilines is 1. The van der Waals surface area contributed by atoms with Crippen molar-refractivity contribution in [3.05, 3.63) is 23.8 Å². The molecule has 0 fully saturated rings. The third-order valence-electron chi connectivity index (χ3n) is 3.59. The van der Waals surface area contributed by atoms with Crippen LogP contribution in [0, 0.1) is 0 Å². The first-order valence-corrected chi connectivity index (χ1v) is 6.64. The molecule has 1 atom stereocenters. The Labute approximate surface area is 118 Å². The smallest absolute Gasteiger partial charge is 0.271 e. The van der Waals surface area contributed by atoms with Crippen LogP contribution in [-0.2, 0) is 16.1 Å². The molecular formula is C15H20N2O3. The van der Waals surface area contributed by atoms with Crippen molar-refractivity contribution in [2.24, 2.45) is 5.73 Å². The zero-order valence-electron chi connectivity index (χ0n) is 12.3. The standard InChI is InChI=1S/C15H20N2O3/c1-9(10(2)18)17-12-6-5-11(8-16)7-13(12)20-15(3,4)14(17)19/h5-7,9H,8,16H2,1-4H3. The van der Waals surface area contributed by atoms with Gasteiger partial charge < -0.3 is 10.5 Å². The molecule has 1 amide bonds. The Morgan fingerprint density at radius 1 is 1.45 bits per heavy atom. The molecule has 0 saturated carbocycles. The zero-order chi connectivity index (χ0) is 15.1. The van der Waals surface area contributed by atoms with Crippen LogP contribution in [0.2, 0.25) is 0 Å². The van der Waals surface area contributed by atoms with Crippen molar-refractivity contribution in [1.82, 2.24) is 0 Å². The maximum Gasteiger partial charge on any atom is 0.271 e. The average Bonchev–Trinajstić information content (AvgIpc) is 2.38. The number of hydrogen-bond acceptors (Lipinski definition) is 4. The van der Waals surface area contributed by atoms with E-state index in [0.29, 0.717) is 18.0 Å². The van der Waals surface area contributed by atoms with Crippen LogP contribution < -0.4 is 15.4 Å². The fourth-order valence-electron chi connectivity index (χ4n) is 2.25. The Kier molecular flexibility index (Phi) is 3.56. The summed E-state index contributed by atoms with van der Waals surface area (Å²) in [7, 11) is 0. The lowest BCUT2D eigenvalue weighted by atomic mass is 10.00. The van der Waals surface area contributed by atoms with Crippen LogP contribution in [0.3, 0.4) is 0 Å². The third-order valence-corrected chi connectivity index (χ3v) is 3.59. The van der Waals surface area contributed by atoms with Gasteiger partial charge in [0.05, 0.1) is 11.7 Å². The monoisotopic (exact) mass is 276 g/mol. The number of benzene rings is 1. The summed E-state index contributed by atoms with van der Waals surface area (Å²) < 4.78 is 5.78. The third kappa shape index (κ3) is 2.29. The lowest BCUT2D eigenvalue weighted by Crippen LogP contribution is -2.56. The highest BCUT2D eigenvalue weighted by Crippen LogP contribution is 2.39. The molecule has 0 spiro atoms. The number of rotatable bonds is 3. The van der Waals surface area contributed by atoms with Gasteiger partial charge in [0.25, 0.3) is 5.91 Å². The Morgan fingerprint density at radius 3 is 2.65 bits per heavy atom. The summed E-state index contributed by atoms with van der Waals surface area (Å²) in [5.74, 6) is 0.309. The summed E-state index contributed by atoms with van der Waals surface area (Å²) in [6.07, 6.45) is 0. The van der Waals surface area contributed by atoms with Gasteiger partial charge in [-0.15, -0.1) is 0 Å². The van der Waals surface area contributed by atoms with Crippen molar-refractivity contribution in [1.29, 1.82) is 0 Å². The summed E-state index contributed by atoms with van der Waals surface area (Å²) in [5, 5.41) is 0. The van der Waals surface area contributed by atoms with Crippen molar-refractivity contribution in [3.8, 4) is 5.75 Å². The van der Waals surface area contributed by atoms with Gasteiger partial charge in [0, 0.05) is 6.54 Å². The average molecular weight is 276 g/mol. The molecule has 0 aromatic heterocycles. The predicted molar refractivity (Wildman–Crippen MR) is 76.7 cm³/mol. The molecule has 0 aliphatic carbocycles. The van der Waals surface area contributed by atoms with Gasteiger partial charge in [-0.05, 0) is 45.4 Å². The molecule has 1 aromatic carbocycles. The molecule has 1 aliphatic rings. The van der Waals surface area contributed by atoms with Crippen LogP contribution >= 0.6 is 0 Å². The molecular weight excluding hydrogens is 256 g/mol. The summed E-state index contributed by atoms with van der Waals surface area (Å²) in [6, 6.07) is 4.93. The summed E-state index contributed by atoms with van der Waals surface area (Å²) in [6.45, 7) is 7.00. The Hall–Kier alpha value is -1.88. The minimum atomic E-state index is -0.996. The molecule has 0 saturated heterocycles. The van der Waals surface area contributed by atoms with Gasteiger partial charge in [-0.3, -0.25) is 14.5 Å². The van der Waals surface area contributed by atoms with Gasteiger partial charge in [0.1, 0.15) is 5.75 Å². The van der Waals surface area contributed by atoms with Gasteiger partial charge in [-0.25, -0.2) is 0 Å². The van der Waals surface area contributed by atoms with Gasteiger partial charge >= 0.3 is 0 Å². The van der Waals surface area contributed by atoms with Crippen LogP contribution in [0.25, 0.3) is 0 Å². The van der Waals surface area contributed by atoms with Crippen LogP contribution in [-0.4, -0.2) is 23.3 Å². The molecule has 5 nitrogen and oxygen atoms in total. The van der Waals surface area contributed by atoms with E-state index in [1.807, 2.05) is 12.1 Å². The number of fused-ring (bicyclic) bond motifs is 1. The number of ketones is 1. The van der Waals surface area contributed by atoms with Gasteiger partial charge in [0.15, 0.2) is 11.4 Å². The Bertz CT molecular complexity index is 566. The largest absolute Gasteiger partial charge is 0.476 e. The number of carbonyl (C=O) groups excluding carboxylic acids is 2. The molecule has 1 aliphatic heterocycles. The number of amides is 1. The van der Waals surface area contributed by atoms with E-state index in [2.05, 4.69) is 0 Å². The van der Waals surface area contributed by atoms with Gasteiger partial charge in [-0.2, -0.15) is 0 Å². The zero-order valence-corrected chi connectivity index (χ0v) is 12.3. The van der Waals surface area contributed by atoms with E-state index >= 15 is 0 Å². The number of nitrogens with zero attached hydrogens (tertiary/aromatic N) is 1. The van der Waals surface area contributed by atoms with Crippen LogP contribution in [0.4, 0.5) is 5.69 Å². The Balaban J connectivity index is 2.57. The molecule has 1 heterocycles. The summed E-state index contributed by atoms with van der Waals surface area (Å²) in [5.41, 5.74) is 6.17. The molecule has 2 N–H and O–H groups in total. The van der Waals surface area contributed by atoms with Gasteiger partial charge in [-0.1, -0.05) is 6.07 Å². The minimum absolute atomic E-state index is 0.0649. The second kappa shape index (κ2) is 4.90. The van der Waals surface area contributed by atoms with Gasteiger partial charge in [0.2, 0.25) is 0 Å². The fourth-order valence-corrected chi connectivity index (χ4v) is 2.25. The van der Waals surface area contributed by atoms with Crippen LogP contribution in [0.15, 0.2) is 18.2 Å². The minimum Gasteiger partial charge on any atom is -0.476 e. The number of ether oxygens (including phenoxy) is 1. The van der Waals surface area contributed by atoms with E-state index in [0.717, 1.165) is 5.56 Å². The highest BCUT2D eigenvalue weighted by molar-refractivity contribution is 6.07. The first-order valence-electron chi connectivity index (χ1n) is 6.64. The number of hydrogen-bond donors (Lipinski definition) is 1. The van der Waals surface area contributed by atoms with E-state index < -0.39 is 11.6 Å². The van der Waals surface area contributed by atoms with Crippen molar-refractivity contribution in [2.45, 2.75) is 45.9 Å². The number of nitrogens with two attached hydrogens (primary N) is 1. The van der Waals surface area contributed by atoms with E-state index in [1.54, 1.807) is 26.8 Å². The summed E-state index contributed by atoms with van der Waals surface area (Å²) >= 11 is 0. The first kappa shape index (κ1) is 14.5. The van der Waals surface area contributed by atoms with E-state index in [9.17, 15) is 9.59 Å². The lowest BCUT2D eigenvalue weighted by Gasteiger charge is -2.41. The molecule has 1 aromatic rings. The van der Waals surface area contributed by atoms with Crippen molar-refractivity contribution in [3.63, 3.8) is 0 Å². The SMILES string of the molecule is CC(=O)C(C)N1C(=O)C(C)(C)Oc2cc(CN)ccc21. The summed E-state index contributed by atoms with van der Waals surface area (Å²) in [4.78, 5) is 25.7. The van der Waals surface area contributed by atoms with Crippen LogP contribution in [0.5, 0.6) is 5.75 Å². The molecule has 0 bridgehead atoms. The second-order valence-electron chi connectivity index (χ2n) is 5.58. The quantitative estimate of drug-likeness (QED) is 0.910. The topological polar surface area (TPSA) is 72.6 Å². The predicted octanol–water partition coefficient (Wildman–Crippen LogP) is 1.63. The molecule has 5 heteroatoms. The van der Waals surface area contributed by atoms with Crippen molar-refractivity contribution >= 4 is 17.4 Å². The lowest BCUT2D eigenvalue weighted by molar-refractivity contribution is -0.134. The molecule has 0 radical (unpaired) electrons. The Morgan fingerprint density at radius 2 is 2.10 bits per heavy atom. The molecule has 20 heavy (non-hydrogen) atoms. The van der Waals surface area contributed by atoms with Crippen molar-refractivity contribution < 1.29 is 14.3 Å². The van der Waals surface area contributed by atoms with E-state index in [1.165, 1.54) is 11.8 Å². The fraction of sp³-hybridized carbons (Fsp3) is 0.467. The maximum absolute atomic E-state index is 12.5.